The molecule has 19 heavy (non-hydrogen) atoms. The number of nitrogens with zero attached hydrogens (tertiary/aromatic N) is 3. The number of Topliss-reactive ketones (excluding diaryl/α,β-unsaturated/α-hetero) is 1. The molecule has 0 saturated heterocycles. The van der Waals surface area contributed by atoms with E-state index in [0.717, 1.165) is 0 Å². The van der Waals surface area contributed by atoms with Gasteiger partial charge in [-0.25, -0.2) is 0 Å². The van der Waals surface area contributed by atoms with Gasteiger partial charge in [-0.05, 0) is 19.1 Å². The van der Waals surface area contributed by atoms with Crippen molar-refractivity contribution in [2.75, 3.05) is 0 Å². The summed E-state index contributed by atoms with van der Waals surface area (Å²) in [6.07, 6.45) is 3.16. The predicted molar refractivity (Wildman–Crippen MR) is 66.4 cm³/mol. The topological polar surface area (TPSA) is 87.3 Å². The molecule has 0 radical (unpaired) electrons. The highest BCUT2D eigenvalue weighted by Crippen LogP contribution is 2.27. The fourth-order valence-electron chi connectivity index (χ4n) is 1.61. The first kappa shape index (κ1) is 12.7. The molecule has 0 bridgehead atoms. The van der Waals surface area contributed by atoms with Crippen LogP contribution in [0.2, 0.25) is 0 Å². The quantitative estimate of drug-likeness (QED) is 0.479. The van der Waals surface area contributed by atoms with Crippen molar-refractivity contribution in [3.63, 3.8) is 0 Å². The molecule has 7 heteroatoms. The number of aryl methyl sites for hydroxylation is 1. The van der Waals surface area contributed by atoms with E-state index in [2.05, 4.69) is 5.10 Å². The van der Waals surface area contributed by atoms with Crippen LogP contribution in [0.3, 0.4) is 0 Å². The Morgan fingerprint density at radius 3 is 2.68 bits per heavy atom. The number of carbonyl (C=O) groups excluding carboxylic acids is 1. The third-order valence-corrected chi connectivity index (χ3v) is 2.46. The van der Waals surface area contributed by atoms with Gasteiger partial charge < -0.3 is 4.74 Å². The Bertz CT molecular complexity index is 648. The molecule has 0 aliphatic carbocycles. The Morgan fingerprint density at radius 2 is 2.16 bits per heavy atom. The van der Waals surface area contributed by atoms with E-state index in [0.29, 0.717) is 11.5 Å². The van der Waals surface area contributed by atoms with Crippen molar-refractivity contribution in [3.8, 4) is 11.5 Å². The Hall–Kier alpha value is -2.70. The zero-order chi connectivity index (χ0) is 14.0. The van der Waals surface area contributed by atoms with Gasteiger partial charge in [-0.1, -0.05) is 0 Å². The second-order valence-corrected chi connectivity index (χ2v) is 3.94. The molecule has 1 aromatic carbocycles. The third kappa shape index (κ3) is 2.76. The summed E-state index contributed by atoms with van der Waals surface area (Å²) in [5.74, 6) is 0.456. The number of carbonyl (C=O) groups is 1. The highest BCUT2D eigenvalue weighted by atomic mass is 16.6. The van der Waals surface area contributed by atoms with Crippen molar-refractivity contribution in [1.29, 1.82) is 0 Å². The molecule has 0 atom stereocenters. The average Bonchev–Trinajstić information content (AvgIpc) is 2.74. The van der Waals surface area contributed by atoms with Crippen molar-refractivity contribution < 1.29 is 14.5 Å². The molecule has 0 aliphatic heterocycles. The maximum atomic E-state index is 11.4. The summed E-state index contributed by atoms with van der Waals surface area (Å²) in [6.45, 7) is 1.27. The Labute approximate surface area is 108 Å². The Morgan fingerprint density at radius 1 is 1.42 bits per heavy atom. The monoisotopic (exact) mass is 261 g/mol. The molecule has 7 nitrogen and oxygen atoms in total. The number of nitro groups is 1. The van der Waals surface area contributed by atoms with Crippen LogP contribution in [0.25, 0.3) is 0 Å². The molecule has 98 valence electrons. The molecule has 2 rings (SSSR count). The normalized spacial score (nSPS) is 10.2. The van der Waals surface area contributed by atoms with Gasteiger partial charge in [-0.2, -0.15) is 5.10 Å². The van der Waals surface area contributed by atoms with Crippen molar-refractivity contribution in [3.05, 3.63) is 46.3 Å². The summed E-state index contributed by atoms with van der Waals surface area (Å²) in [5.41, 5.74) is -0.211. The lowest BCUT2D eigenvalue weighted by molar-refractivity contribution is -0.385. The third-order valence-electron chi connectivity index (χ3n) is 2.46. The van der Waals surface area contributed by atoms with E-state index in [1.807, 2.05) is 0 Å². The molecule has 0 saturated carbocycles. The highest BCUT2D eigenvalue weighted by molar-refractivity contribution is 5.98. The van der Waals surface area contributed by atoms with E-state index in [1.165, 1.54) is 31.3 Å². The number of aromatic nitrogens is 2. The molecule has 0 spiro atoms. The summed E-state index contributed by atoms with van der Waals surface area (Å²) in [6, 6.07) is 4.05. The zero-order valence-electron chi connectivity index (χ0n) is 10.4. The van der Waals surface area contributed by atoms with Gasteiger partial charge in [0.2, 0.25) is 0 Å². The fourth-order valence-corrected chi connectivity index (χ4v) is 1.61. The first-order valence-electron chi connectivity index (χ1n) is 5.43. The summed E-state index contributed by atoms with van der Waals surface area (Å²) < 4.78 is 7.03. The number of nitro benzene ring substituents is 1. The summed E-state index contributed by atoms with van der Waals surface area (Å²) in [4.78, 5) is 21.6. The lowest BCUT2D eigenvalue weighted by Crippen LogP contribution is -2.00. The summed E-state index contributed by atoms with van der Waals surface area (Å²) in [7, 11) is 1.74. The number of ether oxygens (including phenoxy) is 1. The molecule has 0 amide bonds. The SMILES string of the molecule is CC(=O)c1cc(Oc2cnn(C)c2)ccc1[N+](=O)[O-]. The van der Waals surface area contributed by atoms with Crippen LogP contribution < -0.4 is 4.74 Å². The maximum absolute atomic E-state index is 11.4. The van der Waals surface area contributed by atoms with Gasteiger partial charge in [0.25, 0.3) is 5.69 Å². The van der Waals surface area contributed by atoms with E-state index in [9.17, 15) is 14.9 Å². The molecule has 1 aromatic heterocycles. The largest absolute Gasteiger partial charge is 0.454 e. The smallest absolute Gasteiger partial charge is 0.280 e. The molecule has 0 aliphatic rings. The van der Waals surface area contributed by atoms with Gasteiger partial charge in [-0.3, -0.25) is 19.6 Å². The Kier molecular flexibility index (Phi) is 3.28. The minimum atomic E-state index is -0.593. The van der Waals surface area contributed by atoms with Crippen molar-refractivity contribution in [2.45, 2.75) is 6.92 Å². The first-order chi connectivity index (χ1) is 8.97. The molecule has 1 heterocycles. The minimum Gasteiger partial charge on any atom is -0.454 e. The van der Waals surface area contributed by atoms with Crippen LogP contribution in [0.4, 0.5) is 5.69 Å². The van der Waals surface area contributed by atoms with Crippen LogP contribution in [0.15, 0.2) is 30.6 Å². The van der Waals surface area contributed by atoms with E-state index in [4.69, 9.17) is 4.74 Å². The van der Waals surface area contributed by atoms with Crippen LogP contribution in [0.5, 0.6) is 11.5 Å². The van der Waals surface area contributed by atoms with Crippen LogP contribution in [-0.4, -0.2) is 20.5 Å². The van der Waals surface area contributed by atoms with E-state index >= 15 is 0 Å². The number of benzene rings is 1. The lowest BCUT2D eigenvalue weighted by atomic mass is 10.1. The average molecular weight is 261 g/mol. The first-order valence-corrected chi connectivity index (χ1v) is 5.43. The lowest BCUT2D eigenvalue weighted by Gasteiger charge is -2.04. The van der Waals surface area contributed by atoms with Gasteiger partial charge in [0.1, 0.15) is 5.75 Å². The van der Waals surface area contributed by atoms with E-state index in [1.54, 1.807) is 17.9 Å². The van der Waals surface area contributed by atoms with E-state index in [-0.39, 0.29) is 17.0 Å². The number of hydrogen-bond acceptors (Lipinski definition) is 5. The number of ketones is 1. The summed E-state index contributed by atoms with van der Waals surface area (Å²) >= 11 is 0. The zero-order valence-corrected chi connectivity index (χ0v) is 10.4. The molecule has 0 N–H and O–H groups in total. The Balaban J connectivity index is 2.35. The van der Waals surface area contributed by atoms with Crippen LogP contribution in [0, 0.1) is 10.1 Å². The molecule has 2 aromatic rings. The van der Waals surface area contributed by atoms with Crippen molar-refractivity contribution in [1.82, 2.24) is 9.78 Å². The highest BCUT2D eigenvalue weighted by Gasteiger charge is 2.18. The second kappa shape index (κ2) is 4.89. The van der Waals surface area contributed by atoms with Crippen LogP contribution >= 0.6 is 0 Å². The van der Waals surface area contributed by atoms with Gasteiger partial charge >= 0.3 is 0 Å². The standard InChI is InChI=1S/C12H11N3O4/c1-8(16)11-5-9(3-4-12(11)15(17)18)19-10-6-13-14(2)7-10/h3-7H,1-2H3. The molecule has 0 fully saturated rings. The molecule has 0 unspecified atom stereocenters. The minimum absolute atomic E-state index is 0.0198. The van der Waals surface area contributed by atoms with Gasteiger partial charge in [0.05, 0.1) is 22.9 Å². The fraction of sp³-hybridized carbons (Fsp3) is 0.167. The van der Waals surface area contributed by atoms with Crippen molar-refractivity contribution in [2.24, 2.45) is 7.05 Å². The predicted octanol–water partition coefficient (Wildman–Crippen LogP) is 2.32. The van der Waals surface area contributed by atoms with Crippen LogP contribution in [0.1, 0.15) is 17.3 Å². The summed E-state index contributed by atoms with van der Waals surface area (Å²) in [5, 5.41) is 14.7. The van der Waals surface area contributed by atoms with Gasteiger partial charge in [-0.15, -0.1) is 0 Å². The number of rotatable bonds is 4. The van der Waals surface area contributed by atoms with Gasteiger partial charge in [0.15, 0.2) is 11.5 Å². The van der Waals surface area contributed by atoms with Gasteiger partial charge in [0, 0.05) is 13.1 Å². The van der Waals surface area contributed by atoms with Crippen molar-refractivity contribution >= 4 is 11.5 Å². The second-order valence-electron chi connectivity index (χ2n) is 3.94. The van der Waals surface area contributed by atoms with Crippen LogP contribution in [-0.2, 0) is 7.05 Å². The van der Waals surface area contributed by atoms with E-state index < -0.39 is 4.92 Å². The molecular weight excluding hydrogens is 250 g/mol. The number of hydrogen-bond donors (Lipinski definition) is 0. The molecular formula is C12H11N3O4. The maximum Gasteiger partial charge on any atom is 0.280 e.